The summed E-state index contributed by atoms with van der Waals surface area (Å²) in [6.45, 7) is 5.98. The molecule has 1 aromatic heterocycles. The van der Waals surface area contributed by atoms with Crippen molar-refractivity contribution in [3.63, 3.8) is 0 Å². The molecule has 1 saturated carbocycles. The Morgan fingerprint density at radius 2 is 2.07 bits per heavy atom. The van der Waals surface area contributed by atoms with Gasteiger partial charge < -0.3 is 15.0 Å². The van der Waals surface area contributed by atoms with E-state index in [4.69, 9.17) is 4.74 Å². The molecule has 2 unspecified atom stereocenters. The van der Waals surface area contributed by atoms with Crippen molar-refractivity contribution in [2.24, 2.45) is 18.0 Å². The number of aryl methyl sites for hydroxylation is 1. The molecule has 3 aliphatic rings. The molecule has 1 N–H and O–H groups in total. The van der Waals surface area contributed by atoms with Gasteiger partial charge in [0.05, 0.1) is 19.3 Å². The van der Waals surface area contributed by atoms with Crippen molar-refractivity contribution in [3.05, 3.63) is 18.0 Å². The first-order valence-corrected chi connectivity index (χ1v) is 11.5. The topological polar surface area (TPSA) is 57.9 Å². The summed E-state index contributed by atoms with van der Waals surface area (Å²) in [6, 6.07) is 0.642. The number of aliphatic imine (C=N–C) groups is 1. The van der Waals surface area contributed by atoms with Crippen LogP contribution < -0.4 is 5.32 Å². The lowest BCUT2D eigenvalue weighted by atomic mass is 9.89. The summed E-state index contributed by atoms with van der Waals surface area (Å²) in [5.74, 6) is 1.93. The first-order valence-electron chi connectivity index (χ1n) is 11.5. The van der Waals surface area contributed by atoms with Crippen LogP contribution in [0.1, 0.15) is 56.6 Å². The highest BCUT2D eigenvalue weighted by Crippen LogP contribution is 2.27. The molecule has 7 nitrogen and oxygen atoms in total. The molecule has 2 aliphatic heterocycles. The molecule has 7 heteroatoms. The first-order chi connectivity index (χ1) is 14.2. The summed E-state index contributed by atoms with van der Waals surface area (Å²) in [5.41, 5.74) is 1.14. The fraction of sp³-hybridized carbons (Fsp3) is 0.818. The second kappa shape index (κ2) is 9.94. The van der Waals surface area contributed by atoms with Crippen LogP contribution in [-0.2, 0) is 11.8 Å². The van der Waals surface area contributed by atoms with Crippen LogP contribution in [0.15, 0.2) is 17.4 Å². The van der Waals surface area contributed by atoms with Crippen molar-refractivity contribution >= 4 is 5.96 Å². The van der Waals surface area contributed by atoms with Crippen LogP contribution in [-0.4, -0.2) is 78.0 Å². The van der Waals surface area contributed by atoms with E-state index in [0.717, 1.165) is 43.7 Å². The molecule has 1 aromatic rings. The minimum absolute atomic E-state index is 0.0604. The summed E-state index contributed by atoms with van der Waals surface area (Å²) < 4.78 is 7.83. The zero-order chi connectivity index (χ0) is 20.1. The standard InChI is InChI=1S/C22H38N6O/c1-23-22(28-11-12-29-21(17-28)19-13-25-26(2)16-19)24-14-20-9-6-10-27(20)15-18-7-4-3-5-8-18/h13,16,18,20-21H,3-12,14-15,17H2,1-2H3,(H,23,24). The van der Waals surface area contributed by atoms with Gasteiger partial charge in [0.25, 0.3) is 0 Å². The minimum atomic E-state index is 0.0604. The number of nitrogens with zero attached hydrogens (tertiary/aromatic N) is 5. The molecule has 3 fully saturated rings. The highest BCUT2D eigenvalue weighted by atomic mass is 16.5. The van der Waals surface area contributed by atoms with Crippen molar-refractivity contribution < 1.29 is 4.74 Å². The third-order valence-electron chi connectivity index (χ3n) is 6.89. The predicted octanol–water partition coefficient (Wildman–Crippen LogP) is 2.41. The van der Waals surface area contributed by atoms with E-state index in [9.17, 15) is 0 Å². The smallest absolute Gasteiger partial charge is 0.193 e. The third kappa shape index (κ3) is 5.31. The number of aromatic nitrogens is 2. The van der Waals surface area contributed by atoms with Crippen LogP contribution in [0.5, 0.6) is 0 Å². The van der Waals surface area contributed by atoms with E-state index < -0.39 is 0 Å². The van der Waals surface area contributed by atoms with Gasteiger partial charge in [0.15, 0.2) is 5.96 Å². The van der Waals surface area contributed by atoms with Gasteiger partial charge in [-0.3, -0.25) is 14.6 Å². The molecule has 162 valence electrons. The molecule has 1 aliphatic carbocycles. The molecule has 2 saturated heterocycles. The summed E-state index contributed by atoms with van der Waals surface area (Å²) in [6.07, 6.45) is 13.8. The maximum Gasteiger partial charge on any atom is 0.193 e. The van der Waals surface area contributed by atoms with Gasteiger partial charge in [0.2, 0.25) is 0 Å². The average molecular weight is 403 g/mol. The van der Waals surface area contributed by atoms with Crippen LogP contribution in [0.25, 0.3) is 0 Å². The monoisotopic (exact) mass is 402 g/mol. The molecule has 0 aromatic carbocycles. The van der Waals surface area contributed by atoms with Gasteiger partial charge in [0.1, 0.15) is 6.10 Å². The first kappa shape index (κ1) is 20.7. The van der Waals surface area contributed by atoms with E-state index in [1.165, 1.54) is 58.0 Å². The second-order valence-electron chi connectivity index (χ2n) is 8.98. The van der Waals surface area contributed by atoms with Crippen LogP contribution in [0.4, 0.5) is 0 Å². The number of hydrogen-bond acceptors (Lipinski definition) is 4. The Morgan fingerprint density at radius 3 is 2.83 bits per heavy atom. The SMILES string of the molecule is CN=C(NCC1CCCN1CC1CCCCC1)N1CCOC(c2cnn(C)c2)C1. The molecule has 0 spiro atoms. The number of likely N-dealkylation sites (tertiary alicyclic amines) is 1. The maximum atomic E-state index is 6.00. The Hall–Kier alpha value is -1.60. The summed E-state index contributed by atoms with van der Waals surface area (Å²) in [4.78, 5) is 9.66. The zero-order valence-corrected chi connectivity index (χ0v) is 18.2. The molecular weight excluding hydrogens is 364 g/mol. The molecule has 29 heavy (non-hydrogen) atoms. The average Bonchev–Trinajstić information content (AvgIpc) is 3.38. The van der Waals surface area contributed by atoms with Crippen molar-refractivity contribution in [2.75, 3.05) is 46.4 Å². The van der Waals surface area contributed by atoms with Crippen LogP contribution >= 0.6 is 0 Å². The van der Waals surface area contributed by atoms with Gasteiger partial charge in [-0.1, -0.05) is 19.3 Å². The van der Waals surface area contributed by atoms with E-state index in [0.29, 0.717) is 6.04 Å². The summed E-state index contributed by atoms with van der Waals surface area (Å²) in [5, 5.41) is 7.98. The van der Waals surface area contributed by atoms with E-state index in [-0.39, 0.29) is 6.10 Å². The zero-order valence-electron chi connectivity index (χ0n) is 18.2. The number of rotatable bonds is 5. The summed E-state index contributed by atoms with van der Waals surface area (Å²) in [7, 11) is 3.84. The van der Waals surface area contributed by atoms with E-state index in [1.54, 1.807) is 0 Å². The number of morpholine rings is 1. The van der Waals surface area contributed by atoms with E-state index in [1.807, 2.05) is 31.2 Å². The minimum Gasteiger partial charge on any atom is -0.370 e. The molecule has 4 rings (SSSR count). The Labute approximate surface area is 175 Å². The number of ether oxygens (including phenoxy) is 1. The van der Waals surface area contributed by atoms with Gasteiger partial charge in [-0.15, -0.1) is 0 Å². The van der Waals surface area contributed by atoms with Crippen LogP contribution in [0, 0.1) is 5.92 Å². The van der Waals surface area contributed by atoms with Gasteiger partial charge in [-0.05, 0) is 38.1 Å². The van der Waals surface area contributed by atoms with Crippen molar-refractivity contribution in [3.8, 4) is 0 Å². The Morgan fingerprint density at radius 1 is 1.21 bits per heavy atom. The van der Waals surface area contributed by atoms with Gasteiger partial charge in [-0.2, -0.15) is 5.10 Å². The van der Waals surface area contributed by atoms with E-state index in [2.05, 4.69) is 25.2 Å². The molecule has 0 amide bonds. The Kier molecular flexibility index (Phi) is 7.08. The fourth-order valence-corrected chi connectivity index (χ4v) is 5.26. The highest BCUT2D eigenvalue weighted by molar-refractivity contribution is 5.80. The third-order valence-corrected chi connectivity index (χ3v) is 6.89. The van der Waals surface area contributed by atoms with E-state index >= 15 is 0 Å². The quantitative estimate of drug-likeness (QED) is 0.605. The predicted molar refractivity (Wildman–Crippen MR) is 116 cm³/mol. The Balaban J connectivity index is 1.29. The fourth-order valence-electron chi connectivity index (χ4n) is 5.26. The highest BCUT2D eigenvalue weighted by Gasteiger charge is 2.29. The number of nitrogens with one attached hydrogen (secondary N) is 1. The van der Waals surface area contributed by atoms with Gasteiger partial charge in [0, 0.05) is 51.5 Å². The van der Waals surface area contributed by atoms with Gasteiger partial charge >= 0.3 is 0 Å². The largest absolute Gasteiger partial charge is 0.370 e. The maximum absolute atomic E-state index is 6.00. The van der Waals surface area contributed by atoms with Crippen molar-refractivity contribution in [2.45, 2.75) is 57.1 Å². The lowest BCUT2D eigenvalue weighted by molar-refractivity contribution is -0.00811. The lowest BCUT2D eigenvalue weighted by Gasteiger charge is -2.36. The molecule has 0 radical (unpaired) electrons. The van der Waals surface area contributed by atoms with Crippen molar-refractivity contribution in [1.82, 2.24) is 24.9 Å². The van der Waals surface area contributed by atoms with Crippen LogP contribution in [0.3, 0.4) is 0 Å². The lowest BCUT2D eigenvalue weighted by Crippen LogP contribution is -2.51. The molecule has 2 atom stereocenters. The molecule has 3 heterocycles. The normalized spacial score (nSPS) is 27.5. The van der Waals surface area contributed by atoms with Crippen LogP contribution in [0.2, 0.25) is 0 Å². The second-order valence-corrected chi connectivity index (χ2v) is 8.98. The molecule has 0 bridgehead atoms. The number of guanidine groups is 1. The molecular formula is C22H38N6O. The number of hydrogen-bond donors (Lipinski definition) is 1. The summed E-state index contributed by atoms with van der Waals surface area (Å²) >= 11 is 0. The van der Waals surface area contributed by atoms with Gasteiger partial charge in [-0.25, -0.2) is 0 Å². The Bertz CT molecular complexity index is 668. The van der Waals surface area contributed by atoms with Crippen molar-refractivity contribution in [1.29, 1.82) is 0 Å².